The molecule has 7 heteroatoms. The van der Waals surface area contributed by atoms with Gasteiger partial charge in [-0.25, -0.2) is 9.59 Å². The Kier molecular flexibility index (Phi) is 4.03. The number of aryl methyl sites for hydroxylation is 1. The molecule has 25 heavy (non-hydrogen) atoms. The first-order chi connectivity index (χ1) is 12.0. The average molecular weight is 338 g/mol. The normalized spacial score (nSPS) is 15.8. The van der Waals surface area contributed by atoms with E-state index in [2.05, 4.69) is 4.74 Å². The van der Waals surface area contributed by atoms with Crippen LogP contribution in [-0.4, -0.2) is 13.1 Å². The number of carbonyl (C=O) groups is 1. The van der Waals surface area contributed by atoms with Crippen molar-refractivity contribution in [1.29, 1.82) is 5.26 Å². The van der Waals surface area contributed by atoms with Crippen molar-refractivity contribution in [3.8, 4) is 11.8 Å². The van der Waals surface area contributed by atoms with Gasteiger partial charge in [0.05, 0.1) is 24.2 Å². The highest BCUT2D eigenvalue weighted by Crippen LogP contribution is 2.40. The van der Waals surface area contributed by atoms with E-state index in [-0.39, 0.29) is 22.8 Å². The summed E-state index contributed by atoms with van der Waals surface area (Å²) in [6, 6.07) is 9.92. The number of rotatable bonds is 2. The number of carbonyl (C=O) groups excluding carboxylic acids is 1. The van der Waals surface area contributed by atoms with Crippen molar-refractivity contribution in [2.24, 2.45) is 5.73 Å². The van der Waals surface area contributed by atoms with Gasteiger partial charge in [0.25, 0.3) is 0 Å². The number of esters is 1. The largest absolute Gasteiger partial charge is 0.465 e. The number of nitrogens with zero attached hydrogens (tertiary/aromatic N) is 1. The van der Waals surface area contributed by atoms with Gasteiger partial charge in [0.1, 0.15) is 23.2 Å². The first kappa shape index (κ1) is 16.3. The van der Waals surface area contributed by atoms with Crippen LogP contribution in [0.4, 0.5) is 0 Å². The maximum Gasteiger partial charge on any atom is 0.343 e. The smallest absolute Gasteiger partial charge is 0.343 e. The molecule has 0 amide bonds. The molecule has 0 saturated heterocycles. The van der Waals surface area contributed by atoms with Crippen LogP contribution in [0, 0.1) is 18.3 Å². The molecule has 3 rings (SSSR count). The molecule has 0 radical (unpaired) electrons. The Morgan fingerprint density at radius 2 is 2.00 bits per heavy atom. The van der Waals surface area contributed by atoms with Crippen LogP contribution in [0.5, 0.6) is 5.75 Å². The topological polar surface area (TPSA) is 116 Å². The van der Waals surface area contributed by atoms with E-state index < -0.39 is 17.5 Å². The van der Waals surface area contributed by atoms with E-state index in [4.69, 9.17) is 14.9 Å². The first-order valence-corrected chi connectivity index (χ1v) is 7.36. The summed E-state index contributed by atoms with van der Waals surface area (Å²) < 4.78 is 15.2. The van der Waals surface area contributed by atoms with E-state index >= 15 is 0 Å². The van der Waals surface area contributed by atoms with Crippen molar-refractivity contribution < 1.29 is 18.7 Å². The van der Waals surface area contributed by atoms with Crippen LogP contribution in [0.1, 0.15) is 33.2 Å². The number of nitrogens with two attached hydrogens (primary N) is 1. The summed E-state index contributed by atoms with van der Waals surface area (Å²) in [5, 5.41) is 9.47. The van der Waals surface area contributed by atoms with Crippen LogP contribution in [0.25, 0.3) is 0 Å². The first-order valence-electron chi connectivity index (χ1n) is 7.36. The molecule has 1 aliphatic heterocycles. The quantitative estimate of drug-likeness (QED) is 0.832. The Morgan fingerprint density at radius 1 is 1.32 bits per heavy atom. The average Bonchev–Trinajstić information content (AvgIpc) is 2.59. The molecule has 1 atom stereocenters. The summed E-state index contributed by atoms with van der Waals surface area (Å²) in [4.78, 5) is 23.9. The van der Waals surface area contributed by atoms with E-state index in [0.29, 0.717) is 16.9 Å². The van der Waals surface area contributed by atoms with Crippen LogP contribution < -0.4 is 16.1 Å². The number of methoxy groups -OCH3 is 1. The fourth-order valence-corrected chi connectivity index (χ4v) is 2.78. The van der Waals surface area contributed by atoms with Crippen molar-refractivity contribution in [1.82, 2.24) is 0 Å². The van der Waals surface area contributed by atoms with Gasteiger partial charge in [0.2, 0.25) is 5.88 Å². The third kappa shape index (κ3) is 2.74. The molecule has 1 aromatic carbocycles. The number of benzene rings is 1. The molecule has 0 spiro atoms. The second-order valence-corrected chi connectivity index (χ2v) is 5.46. The summed E-state index contributed by atoms with van der Waals surface area (Å²) in [6.07, 6.45) is 0. The van der Waals surface area contributed by atoms with Crippen LogP contribution in [0.15, 0.2) is 51.0 Å². The second-order valence-electron chi connectivity index (χ2n) is 5.46. The maximum atomic E-state index is 12.4. The van der Waals surface area contributed by atoms with Crippen LogP contribution in [0.2, 0.25) is 0 Å². The zero-order chi connectivity index (χ0) is 18.1. The minimum atomic E-state index is -0.739. The summed E-state index contributed by atoms with van der Waals surface area (Å²) >= 11 is 0. The lowest BCUT2D eigenvalue weighted by atomic mass is 9.84. The van der Waals surface area contributed by atoms with Crippen molar-refractivity contribution in [2.45, 2.75) is 12.8 Å². The van der Waals surface area contributed by atoms with E-state index in [1.54, 1.807) is 37.3 Å². The molecular formula is C18H14N2O5. The molecule has 7 nitrogen and oxygen atoms in total. The second kappa shape index (κ2) is 6.17. The van der Waals surface area contributed by atoms with Gasteiger partial charge in [0, 0.05) is 6.07 Å². The van der Waals surface area contributed by atoms with Gasteiger partial charge in [-0.15, -0.1) is 0 Å². The number of hydrogen-bond donors (Lipinski definition) is 1. The monoisotopic (exact) mass is 338 g/mol. The number of ether oxygens (including phenoxy) is 2. The SMILES string of the molecule is COC(=O)c1ccc([C@@H]2C(C#N)=C(N)Oc3cc(C)oc(=O)c32)cc1. The molecule has 2 aromatic rings. The van der Waals surface area contributed by atoms with Gasteiger partial charge in [-0.1, -0.05) is 12.1 Å². The number of allylic oxidation sites excluding steroid dienone is 1. The lowest BCUT2D eigenvalue weighted by molar-refractivity contribution is 0.0600. The van der Waals surface area contributed by atoms with Crippen molar-refractivity contribution in [3.05, 3.63) is 74.7 Å². The lowest BCUT2D eigenvalue weighted by Crippen LogP contribution is -2.26. The summed E-state index contributed by atoms with van der Waals surface area (Å²) in [5.41, 5.74) is 6.52. The Balaban J connectivity index is 2.19. The van der Waals surface area contributed by atoms with Crippen LogP contribution >= 0.6 is 0 Å². The third-order valence-corrected chi connectivity index (χ3v) is 3.92. The molecule has 1 aromatic heterocycles. The minimum Gasteiger partial charge on any atom is -0.465 e. The van der Waals surface area contributed by atoms with Crippen molar-refractivity contribution in [3.63, 3.8) is 0 Å². The maximum absolute atomic E-state index is 12.4. The summed E-state index contributed by atoms with van der Waals surface area (Å²) in [5.74, 6) is -0.659. The molecule has 0 bridgehead atoms. The molecule has 126 valence electrons. The number of hydrogen-bond acceptors (Lipinski definition) is 7. The molecule has 1 aliphatic rings. The van der Waals surface area contributed by atoms with Gasteiger partial charge in [-0.3, -0.25) is 0 Å². The van der Waals surface area contributed by atoms with Gasteiger partial charge in [-0.2, -0.15) is 5.26 Å². The highest BCUT2D eigenvalue weighted by Gasteiger charge is 2.34. The third-order valence-electron chi connectivity index (χ3n) is 3.92. The molecular weight excluding hydrogens is 324 g/mol. The Morgan fingerprint density at radius 3 is 2.60 bits per heavy atom. The standard InChI is InChI=1S/C18H14N2O5/c1-9-7-13-15(18(22)24-9)14(12(8-19)16(20)25-13)10-3-5-11(6-4-10)17(21)23-2/h3-7,14H,20H2,1-2H3/t14-/m1/s1. The molecule has 0 aliphatic carbocycles. The highest BCUT2D eigenvalue weighted by atomic mass is 16.5. The molecule has 0 unspecified atom stereocenters. The van der Waals surface area contributed by atoms with E-state index in [1.165, 1.54) is 7.11 Å². The zero-order valence-electron chi connectivity index (χ0n) is 13.5. The predicted molar refractivity (Wildman–Crippen MR) is 86.8 cm³/mol. The minimum absolute atomic E-state index is 0.0676. The molecule has 0 fully saturated rings. The molecule has 0 saturated carbocycles. The van der Waals surface area contributed by atoms with E-state index in [0.717, 1.165) is 0 Å². The molecule has 2 heterocycles. The van der Waals surface area contributed by atoms with Crippen LogP contribution in [0.3, 0.4) is 0 Å². The van der Waals surface area contributed by atoms with E-state index in [1.807, 2.05) is 6.07 Å². The molecule has 2 N–H and O–H groups in total. The summed E-state index contributed by atoms with van der Waals surface area (Å²) in [7, 11) is 1.29. The van der Waals surface area contributed by atoms with Gasteiger partial charge >= 0.3 is 11.6 Å². The van der Waals surface area contributed by atoms with Gasteiger partial charge in [0.15, 0.2) is 0 Å². The fourth-order valence-electron chi connectivity index (χ4n) is 2.78. The Bertz CT molecular complexity index is 980. The van der Waals surface area contributed by atoms with Crippen molar-refractivity contribution in [2.75, 3.05) is 7.11 Å². The predicted octanol–water partition coefficient (Wildman–Crippen LogP) is 1.95. The Labute approximate surface area is 142 Å². The highest BCUT2D eigenvalue weighted by molar-refractivity contribution is 5.89. The summed E-state index contributed by atoms with van der Waals surface area (Å²) in [6.45, 7) is 1.62. The number of fused-ring (bicyclic) bond motifs is 1. The van der Waals surface area contributed by atoms with Gasteiger partial charge < -0.3 is 19.6 Å². The lowest BCUT2D eigenvalue weighted by Gasteiger charge is -2.25. The zero-order valence-corrected chi connectivity index (χ0v) is 13.5. The fraction of sp³-hybridized carbons (Fsp3) is 0.167. The van der Waals surface area contributed by atoms with E-state index in [9.17, 15) is 14.9 Å². The van der Waals surface area contributed by atoms with Crippen LogP contribution in [-0.2, 0) is 4.74 Å². The number of nitriles is 1. The van der Waals surface area contributed by atoms with Crippen molar-refractivity contribution >= 4 is 5.97 Å². The Hall–Kier alpha value is -3.53. The van der Waals surface area contributed by atoms with Gasteiger partial charge in [-0.05, 0) is 24.6 Å².